The lowest BCUT2D eigenvalue weighted by atomic mass is 9.89. The molecule has 0 spiro atoms. The number of carbonyl (C=O) groups excluding carboxylic acids is 1. The van der Waals surface area contributed by atoms with Gasteiger partial charge < -0.3 is 29.3 Å². The summed E-state index contributed by atoms with van der Waals surface area (Å²) in [6.07, 6.45) is 0.0936. The number of hydrogen-bond acceptors (Lipinski definition) is 8. The van der Waals surface area contributed by atoms with E-state index in [1.807, 2.05) is 0 Å². The molecular weight excluding hydrogens is 463 g/mol. The Bertz CT molecular complexity index is 1070. The normalized spacial score (nSPS) is 20.4. The number of amides is 1. The van der Waals surface area contributed by atoms with Gasteiger partial charge in [-0.15, -0.1) is 0 Å². The second-order valence-corrected chi connectivity index (χ2v) is 9.03. The van der Waals surface area contributed by atoms with Gasteiger partial charge in [0.2, 0.25) is 5.91 Å². The Morgan fingerprint density at radius 3 is 2.53 bits per heavy atom. The fraction of sp³-hybridized carbons (Fsp3) is 0.353. The van der Waals surface area contributed by atoms with Crippen LogP contribution < -0.4 is 0 Å². The van der Waals surface area contributed by atoms with Crippen molar-refractivity contribution in [3.63, 3.8) is 0 Å². The lowest BCUT2D eigenvalue weighted by molar-refractivity contribution is -0.163. The van der Waals surface area contributed by atoms with Crippen molar-refractivity contribution in [3.05, 3.63) is 27.9 Å². The number of nitrogens with zero attached hydrogens (tertiary/aromatic N) is 2. The maximum absolute atomic E-state index is 12.2. The number of carboxylic acid groups (broad SMARTS) is 1. The molecule has 0 bridgehead atoms. The number of hydrogen-bond donors (Lipinski definition) is 3. The molecule has 4 atom stereocenters. The van der Waals surface area contributed by atoms with Crippen molar-refractivity contribution >= 4 is 46.2 Å². The fourth-order valence-electron chi connectivity index (χ4n) is 3.34. The van der Waals surface area contributed by atoms with Crippen LogP contribution in [0.5, 0.6) is 11.5 Å². The Labute approximate surface area is 182 Å². The molecular formula is C17H15Cl2N2O8S-. The third kappa shape index (κ3) is 3.31. The summed E-state index contributed by atoms with van der Waals surface area (Å²) in [4.78, 5) is 25.0. The highest BCUT2D eigenvalue weighted by Crippen LogP contribution is 2.46. The molecule has 2 aromatic rings. The Morgan fingerprint density at radius 2 is 2.03 bits per heavy atom. The summed E-state index contributed by atoms with van der Waals surface area (Å²) in [7, 11) is 0. The standard InChI is InChI=1S/C17H16Cl2N2O8S/c1-6-3-11(22)21(6)15(16(25)26)17(2,30(27)28)10-5-9(29-20-10)7-4-8(18)13(23)14(24)12(7)19/h4-6,15,23-24H,3H2,1-2H3,(H,25,26)(H,27,28)/p-1/t6-,15+,17+/m1/s1. The van der Waals surface area contributed by atoms with Gasteiger partial charge in [-0.1, -0.05) is 28.4 Å². The first kappa shape index (κ1) is 22.3. The zero-order valence-corrected chi connectivity index (χ0v) is 17.8. The maximum atomic E-state index is 12.2. The van der Waals surface area contributed by atoms with E-state index in [1.165, 1.54) is 0 Å². The number of benzene rings is 1. The quantitative estimate of drug-likeness (QED) is 0.321. The van der Waals surface area contributed by atoms with E-state index < -0.39 is 51.3 Å². The van der Waals surface area contributed by atoms with E-state index in [9.17, 15) is 33.7 Å². The number of aliphatic carboxylic acids is 1. The van der Waals surface area contributed by atoms with Crippen LogP contribution in [-0.2, 0) is 25.4 Å². The number of β-lactam (4-membered cyclic amide) rings is 1. The molecule has 3 rings (SSSR count). The third-order valence-electron chi connectivity index (χ3n) is 5.06. The lowest BCUT2D eigenvalue weighted by Gasteiger charge is -2.48. The summed E-state index contributed by atoms with van der Waals surface area (Å²) in [5, 5.41) is 32.3. The first-order valence-corrected chi connectivity index (χ1v) is 10.2. The topological polar surface area (TPSA) is 164 Å². The van der Waals surface area contributed by atoms with E-state index in [-0.39, 0.29) is 33.5 Å². The molecule has 1 aliphatic heterocycles. The molecule has 1 aromatic heterocycles. The monoisotopic (exact) mass is 477 g/mol. The number of carboxylic acids is 1. The molecule has 1 aliphatic rings. The largest absolute Gasteiger partial charge is 0.772 e. The molecule has 0 radical (unpaired) electrons. The van der Waals surface area contributed by atoms with Crippen LogP contribution in [-0.4, -0.2) is 58.1 Å². The lowest BCUT2D eigenvalue weighted by Crippen LogP contribution is -2.65. The molecule has 30 heavy (non-hydrogen) atoms. The number of likely N-dealkylation sites (tertiary alicyclic amines) is 1. The van der Waals surface area contributed by atoms with Gasteiger partial charge in [-0.25, -0.2) is 4.79 Å². The first-order valence-electron chi connectivity index (χ1n) is 8.42. The predicted molar refractivity (Wildman–Crippen MR) is 104 cm³/mol. The number of aromatic hydroxyl groups is 2. The van der Waals surface area contributed by atoms with E-state index in [1.54, 1.807) is 6.92 Å². The van der Waals surface area contributed by atoms with Gasteiger partial charge in [0, 0.05) is 24.1 Å². The van der Waals surface area contributed by atoms with Crippen molar-refractivity contribution in [3.8, 4) is 22.8 Å². The molecule has 10 nitrogen and oxygen atoms in total. The van der Waals surface area contributed by atoms with Gasteiger partial charge in [0.15, 0.2) is 23.3 Å². The zero-order chi connectivity index (χ0) is 22.5. The number of phenolic OH excluding ortho intramolecular Hbond substituents is 2. The Hall–Kier alpha value is -2.34. The van der Waals surface area contributed by atoms with E-state index in [4.69, 9.17) is 27.7 Å². The van der Waals surface area contributed by atoms with Crippen molar-refractivity contribution in [2.45, 2.75) is 37.1 Å². The second kappa shape index (κ2) is 7.73. The Balaban J connectivity index is 2.14. The number of rotatable bonds is 6. The fourth-order valence-corrected chi connectivity index (χ4v) is 4.44. The Kier molecular flexibility index (Phi) is 5.76. The number of halogens is 2. The summed E-state index contributed by atoms with van der Waals surface area (Å²) in [5.41, 5.74) is -0.320. The molecule has 2 heterocycles. The van der Waals surface area contributed by atoms with Crippen LogP contribution in [0, 0.1) is 0 Å². The summed E-state index contributed by atoms with van der Waals surface area (Å²) >= 11 is 8.78. The number of carbonyl (C=O) groups is 2. The van der Waals surface area contributed by atoms with Gasteiger partial charge in [0.1, 0.15) is 10.4 Å². The average molecular weight is 478 g/mol. The summed E-state index contributed by atoms with van der Waals surface area (Å²) in [6.45, 7) is 2.71. The molecule has 162 valence electrons. The van der Waals surface area contributed by atoms with Crippen molar-refractivity contribution in [1.82, 2.24) is 10.1 Å². The smallest absolute Gasteiger partial charge is 0.328 e. The molecule has 13 heteroatoms. The highest BCUT2D eigenvalue weighted by molar-refractivity contribution is 7.80. The van der Waals surface area contributed by atoms with E-state index in [0.29, 0.717) is 0 Å². The minimum absolute atomic E-state index is 0.0185. The summed E-state index contributed by atoms with van der Waals surface area (Å²) in [5.74, 6) is -3.57. The first-order chi connectivity index (χ1) is 13.9. The van der Waals surface area contributed by atoms with Gasteiger partial charge in [-0.2, -0.15) is 0 Å². The molecule has 0 aliphatic carbocycles. The average Bonchev–Trinajstić information content (AvgIpc) is 3.16. The number of phenols is 2. The molecule has 1 saturated heterocycles. The molecule has 0 saturated carbocycles. The van der Waals surface area contributed by atoms with Crippen LogP contribution in [0.1, 0.15) is 26.0 Å². The highest BCUT2D eigenvalue weighted by Gasteiger charge is 2.54. The van der Waals surface area contributed by atoms with Crippen LogP contribution in [0.2, 0.25) is 10.0 Å². The van der Waals surface area contributed by atoms with Crippen molar-refractivity contribution in [1.29, 1.82) is 0 Å². The highest BCUT2D eigenvalue weighted by atomic mass is 35.5. The van der Waals surface area contributed by atoms with Crippen LogP contribution in [0.15, 0.2) is 16.7 Å². The molecule has 1 aromatic carbocycles. The van der Waals surface area contributed by atoms with E-state index in [2.05, 4.69) is 5.16 Å². The van der Waals surface area contributed by atoms with Crippen LogP contribution >= 0.6 is 23.2 Å². The molecule has 3 N–H and O–H groups in total. The van der Waals surface area contributed by atoms with Gasteiger partial charge in [-0.3, -0.25) is 9.00 Å². The molecule has 1 fully saturated rings. The summed E-state index contributed by atoms with van der Waals surface area (Å²) < 4.78 is 27.3. The van der Waals surface area contributed by atoms with Crippen molar-refractivity contribution in [2.75, 3.05) is 0 Å². The van der Waals surface area contributed by atoms with Gasteiger partial charge >= 0.3 is 5.97 Å². The zero-order valence-electron chi connectivity index (χ0n) is 15.5. The van der Waals surface area contributed by atoms with Crippen LogP contribution in [0.25, 0.3) is 11.3 Å². The van der Waals surface area contributed by atoms with Gasteiger partial charge in [-0.05, 0) is 31.0 Å². The van der Waals surface area contributed by atoms with Crippen LogP contribution in [0.4, 0.5) is 0 Å². The summed E-state index contributed by atoms with van der Waals surface area (Å²) in [6, 6.07) is 0.0338. The molecule has 1 unspecified atom stereocenters. The minimum Gasteiger partial charge on any atom is -0.772 e. The third-order valence-corrected chi connectivity index (χ3v) is 6.86. The Morgan fingerprint density at radius 1 is 1.40 bits per heavy atom. The second-order valence-electron chi connectivity index (χ2n) is 6.93. The molecule has 1 amide bonds. The SMILES string of the molecule is C[C@@H]1CC(=O)N1[C@@H](C(=O)O)[C@](C)(c1cc(-c2cc(Cl)c(O)c(O)c2Cl)on1)S(=O)[O-]. The number of aromatic nitrogens is 1. The van der Waals surface area contributed by atoms with E-state index in [0.717, 1.165) is 24.0 Å². The van der Waals surface area contributed by atoms with Crippen LogP contribution in [0.3, 0.4) is 0 Å². The van der Waals surface area contributed by atoms with Crippen molar-refractivity contribution in [2.24, 2.45) is 0 Å². The van der Waals surface area contributed by atoms with Gasteiger partial charge in [0.25, 0.3) is 0 Å². The van der Waals surface area contributed by atoms with Gasteiger partial charge in [0.05, 0.1) is 10.0 Å². The maximum Gasteiger partial charge on any atom is 0.328 e. The van der Waals surface area contributed by atoms with E-state index >= 15 is 0 Å². The van der Waals surface area contributed by atoms with Crippen molar-refractivity contribution < 1.29 is 38.2 Å². The minimum atomic E-state index is -3.05. The predicted octanol–water partition coefficient (Wildman–Crippen LogP) is 2.23.